The van der Waals surface area contributed by atoms with Crippen LogP contribution >= 0.6 is 0 Å². The van der Waals surface area contributed by atoms with Crippen LogP contribution in [0.2, 0.25) is 0 Å². The summed E-state index contributed by atoms with van der Waals surface area (Å²) in [5.41, 5.74) is 5.41. The maximum atomic E-state index is 12.1. The number of alkyl halides is 3. The molecule has 7 heteroatoms. The number of ether oxygens (including phenoxy) is 1. The minimum absolute atomic E-state index is 0.202. The van der Waals surface area contributed by atoms with Crippen molar-refractivity contribution in [2.45, 2.75) is 32.5 Å². The van der Waals surface area contributed by atoms with Crippen molar-refractivity contribution in [3.8, 4) is 5.75 Å². The van der Waals surface area contributed by atoms with Crippen LogP contribution < -0.4 is 15.8 Å². The standard InChI is InChI=1S/C13H17F3N2O2/c1-2-3-4-7-18-12(19)9-5-6-11(10(17)8-9)20-13(14,15)16/h5-6,8H,2-4,7,17H2,1H3,(H,18,19). The van der Waals surface area contributed by atoms with Crippen molar-refractivity contribution >= 4 is 11.6 Å². The van der Waals surface area contributed by atoms with Gasteiger partial charge in [-0.05, 0) is 24.6 Å². The zero-order chi connectivity index (χ0) is 15.2. The summed E-state index contributed by atoms with van der Waals surface area (Å²) in [5, 5.41) is 2.67. The summed E-state index contributed by atoms with van der Waals surface area (Å²) < 4.78 is 39.9. The van der Waals surface area contributed by atoms with Crippen molar-refractivity contribution in [3.63, 3.8) is 0 Å². The summed E-state index contributed by atoms with van der Waals surface area (Å²) >= 11 is 0. The third-order valence-corrected chi connectivity index (χ3v) is 2.56. The van der Waals surface area contributed by atoms with Gasteiger partial charge in [0.15, 0.2) is 5.75 Å². The van der Waals surface area contributed by atoms with E-state index in [4.69, 9.17) is 5.73 Å². The molecule has 4 nitrogen and oxygen atoms in total. The smallest absolute Gasteiger partial charge is 0.404 e. The van der Waals surface area contributed by atoms with Gasteiger partial charge in [-0.2, -0.15) is 0 Å². The molecular weight excluding hydrogens is 273 g/mol. The lowest BCUT2D eigenvalue weighted by Crippen LogP contribution is -2.24. The number of carbonyl (C=O) groups excluding carboxylic acids is 1. The average Bonchev–Trinajstić information content (AvgIpc) is 2.35. The van der Waals surface area contributed by atoms with Crippen molar-refractivity contribution in [3.05, 3.63) is 23.8 Å². The molecule has 0 aliphatic rings. The Morgan fingerprint density at radius 1 is 1.35 bits per heavy atom. The lowest BCUT2D eigenvalue weighted by atomic mass is 10.1. The van der Waals surface area contributed by atoms with E-state index in [0.29, 0.717) is 6.54 Å². The molecule has 1 amide bonds. The van der Waals surface area contributed by atoms with Gasteiger partial charge in [0, 0.05) is 12.1 Å². The topological polar surface area (TPSA) is 64.3 Å². The lowest BCUT2D eigenvalue weighted by Gasteiger charge is -2.12. The van der Waals surface area contributed by atoms with Crippen LogP contribution in [-0.2, 0) is 0 Å². The highest BCUT2D eigenvalue weighted by Gasteiger charge is 2.32. The summed E-state index contributed by atoms with van der Waals surface area (Å²) in [5.74, 6) is -0.883. The second-order valence-corrected chi connectivity index (χ2v) is 4.26. The molecule has 0 unspecified atom stereocenters. The molecule has 0 heterocycles. The van der Waals surface area contributed by atoms with Crippen LogP contribution in [0.15, 0.2) is 18.2 Å². The number of halogens is 3. The van der Waals surface area contributed by atoms with E-state index in [2.05, 4.69) is 10.1 Å². The van der Waals surface area contributed by atoms with Crippen LogP contribution in [0.5, 0.6) is 5.75 Å². The average molecular weight is 290 g/mol. The van der Waals surface area contributed by atoms with Crippen molar-refractivity contribution in [1.29, 1.82) is 0 Å². The van der Waals surface area contributed by atoms with Gasteiger partial charge in [0.05, 0.1) is 5.69 Å². The largest absolute Gasteiger partial charge is 0.573 e. The number of amides is 1. The molecule has 0 spiro atoms. The first-order valence-electron chi connectivity index (χ1n) is 6.27. The number of nitrogens with two attached hydrogens (primary N) is 1. The van der Waals surface area contributed by atoms with Gasteiger partial charge in [0.2, 0.25) is 0 Å². The Morgan fingerprint density at radius 3 is 2.60 bits per heavy atom. The third-order valence-electron chi connectivity index (χ3n) is 2.56. The Balaban J connectivity index is 2.64. The Labute approximate surface area is 115 Å². The van der Waals surface area contributed by atoms with Gasteiger partial charge >= 0.3 is 6.36 Å². The fraction of sp³-hybridized carbons (Fsp3) is 0.462. The Hall–Kier alpha value is -1.92. The minimum atomic E-state index is -4.81. The fourth-order valence-corrected chi connectivity index (χ4v) is 1.59. The molecular formula is C13H17F3N2O2. The monoisotopic (exact) mass is 290 g/mol. The molecule has 3 N–H and O–H groups in total. The summed E-state index contributed by atoms with van der Waals surface area (Å²) in [6.07, 6.45) is -1.92. The van der Waals surface area contributed by atoms with E-state index >= 15 is 0 Å². The van der Waals surface area contributed by atoms with Gasteiger partial charge in [0.25, 0.3) is 5.91 Å². The van der Waals surface area contributed by atoms with Crippen molar-refractivity contribution < 1.29 is 22.7 Å². The summed E-state index contributed by atoms with van der Waals surface area (Å²) in [6, 6.07) is 3.44. The Bertz CT molecular complexity index is 461. The molecule has 1 rings (SSSR count). The van der Waals surface area contributed by atoms with Gasteiger partial charge in [-0.1, -0.05) is 19.8 Å². The Kier molecular flexibility index (Phi) is 5.66. The number of nitrogens with one attached hydrogen (secondary N) is 1. The normalized spacial score (nSPS) is 11.2. The van der Waals surface area contributed by atoms with Crippen LogP contribution in [0.4, 0.5) is 18.9 Å². The second kappa shape index (κ2) is 7.02. The van der Waals surface area contributed by atoms with Crippen LogP contribution in [0.1, 0.15) is 36.5 Å². The van der Waals surface area contributed by atoms with Crippen molar-refractivity contribution in [2.24, 2.45) is 0 Å². The molecule has 20 heavy (non-hydrogen) atoms. The molecule has 0 atom stereocenters. The SMILES string of the molecule is CCCCCNC(=O)c1ccc(OC(F)(F)F)c(N)c1. The number of unbranched alkanes of at least 4 members (excludes halogenated alkanes) is 2. The number of anilines is 1. The van der Waals surface area contributed by atoms with Crippen LogP contribution in [0.3, 0.4) is 0 Å². The van der Waals surface area contributed by atoms with Crippen molar-refractivity contribution in [1.82, 2.24) is 5.32 Å². The molecule has 0 radical (unpaired) electrons. The molecule has 0 saturated heterocycles. The molecule has 0 saturated carbocycles. The molecule has 1 aromatic rings. The summed E-state index contributed by atoms with van der Waals surface area (Å²) in [6.45, 7) is 2.56. The van der Waals surface area contributed by atoms with Crippen LogP contribution in [0, 0.1) is 0 Å². The molecule has 0 fully saturated rings. The van der Waals surface area contributed by atoms with E-state index in [0.717, 1.165) is 31.4 Å². The van der Waals surface area contributed by atoms with Gasteiger partial charge in [-0.15, -0.1) is 13.2 Å². The Morgan fingerprint density at radius 2 is 2.05 bits per heavy atom. The fourth-order valence-electron chi connectivity index (χ4n) is 1.59. The highest BCUT2D eigenvalue weighted by Crippen LogP contribution is 2.28. The van der Waals surface area contributed by atoms with E-state index < -0.39 is 12.1 Å². The van der Waals surface area contributed by atoms with E-state index in [1.54, 1.807) is 0 Å². The predicted octanol–water partition coefficient (Wildman–Crippen LogP) is 3.09. The van der Waals surface area contributed by atoms with E-state index in [-0.39, 0.29) is 17.2 Å². The molecule has 0 aliphatic carbocycles. The van der Waals surface area contributed by atoms with E-state index in [9.17, 15) is 18.0 Å². The number of nitrogen functional groups attached to an aromatic ring is 1. The van der Waals surface area contributed by atoms with E-state index in [1.807, 2.05) is 6.92 Å². The number of hydrogen-bond acceptors (Lipinski definition) is 3. The van der Waals surface area contributed by atoms with Gasteiger partial charge in [0.1, 0.15) is 0 Å². The molecule has 0 bridgehead atoms. The number of benzene rings is 1. The molecule has 112 valence electrons. The van der Waals surface area contributed by atoms with E-state index in [1.165, 1.54) is 6.07 Å². The zero-order valence-corrected chi connectivity index (χ0v) is 11.1. The number of carbonyl (C=O) groups is 1. The first-order chi connectivity index (χ1) is 9.33. The number of hydrogen-bond donors (Lipinski definition) is 2. The lowest BCUT2D eigenvalue weighted by molar-refractivity contribution is -0.274. The predicted molar refractivity (Wildman–Crippen MR) is 69.4 cm³/mol. The van der Waals surface area contributed by atoms with Crippen LogP contribution in [0.25, 0.3) is 0 Å². The minimum Gasteiger partial charge on any atom is -0.404 e. The summed E-state index contributed by atoms with van der Waals surface area (Å²) in [7, 11) is 0. The highest BCUT2D eigenvalue weighted by atomic mass is 19.4. The van der Waals surface area contributed by atoms with Crippen LogP contribution in [-0.4, -0.2) is 18.8 Å². The molecule has 1 aromatic carbocycles. The maximum Gasteiger partial charge on any atom is 0.573 e. The molecule has 0 aliphatic heterocycles. The van der Waals surface area contributed by atoms with Gasteiger partial charge < -0.3 is 15.8 Å². The third kappa shape index (κ3) is 5.38. The first-order valence-corrected chi connectivity index (χ1v) is 6.27. The second-order valence-electron chi connectivity index (χ2n) is 4.26. The zero-order valence-electron chi connectivity index (χ0n) is 11.1. The quantitative estimate of drug-likeness (QED) is 0.625. The number of rotatable bonds is 6. The highest BCUT2D eigenvalue weighted by molar-refractivity contribution is 5.95. The first kappa shape index (κ1) is 16.1. The molecule has 0 aromatic heterocycles. The van der Waals surface area contributed by atoms with Gasteiger partial charge in [-0.3, -0.25) is 4.79 Å². The van der Waals surface area contributed by atoms with Gasteiger partial charge in [-0.25, -0.2) is 0 Å². The maximum absolute atomic E-state index is 12.1. The summed E-state index contributed by atoms with van der Waals surface area (Å²) in [4.78, 5) is 11.7. The van der Waals surface area contributed by atoms with Crippen molar-refractivity contribution in [2.75, 3.05) is 12.3 Å².